The van der Waals surface area contributed by atoms with E-state index in [1.807, 2.05) is 13.8 Å². The van der Waals surface area contributed by atoms with Gasteiger partial charge in [0.15, 0.2) is 5.96 Å². The van der Waals surface area contributed by atoms with E-state index in [2.05, 4.69) is 15.6 Å². The van der Waals surface area contributed by atoms with E-state index >= 15 is 0 Å². The topological polar surface area (TPSA) is 249 Å². The highest BCUT2D eigenvalue weighted by atomic mass is 16.4. The van der Waals surface area contributed by atoms with Gasteiger partial charge in [-0.15, -0.1) is 0 Å². The zero-order valence-electron chi connectivity index (χ0n) is 20.9. The largest absolute Gasteiger partial charge is 0.480 e. The highest BCUT2D eigenvalue weighted by Crippen LogP contribution is 2.20. The quantitative estimate of drug-likeness (QED) is 0.0708. The van der Waals surface area contributed by atoms with Crippen LogP contribution in [0.5, 0.6) is 0 Å². The molecular weight excluding hydrogens is 472 g/mol. The molecule has 0 spiro atoms. The maximum absolute atomic E-state index is 13.1. The summed E-state index contributed by atoms with van der Waals surface area (Å²) in [6.45, 7) is 4.27. The van der Waals surface area contributed by atoms with E-state index in [9.17, 15) is 29.1 Å². The normalized spacial score (nSPS) is 17.7. The SMILES string of the molecule is CC(C)CC(NC(=O)C(CCC(N)=O)NC(=O)C1CCCN1C(=O)C(N)CCCN=C(N)N)C(=O)O. The van der Waals surface area contributed by atoms with Crippen LogP contribution in [-0.2, 0) is 24.0 Å². The number of nitrogens with two attached hydrogens (primary N) is 4. The summed E-state index contributed by atoms with van der Waals surface area (Å²) >= 11 is 0. The number of hydrogen-bond acceptors (Lipinski definition) is 7. The molecule has 1 rings (SSSR count). The van der Waals surface area contributed by atoms with Crippen molar-refractivity contribution in [3.63, 3.8) is 0 Å². The molecule has 1 aliphatic heterocycles. The lowest BCUT2D eigenvalue weighted by molar-refractivity contribution is -0.143. The van der Waals surface area contributed by atoms with E-state index in [-0.39, 0.29) is 31.1 Å². The molecule has 0 aromatic rings. The highest BCUT2D eigenvalue weighted by molar-refractivity contribution is 5.94. The van der Waals surface area contributed by atoms with E-state index in [1.165, 1.54) is 4.90 Å². The lowest BCUT2D eigenvalue weighted by Crippen LogP contribution is -2.56. The van der Waals surface area contributed by atoms with Crippen LogP contribution in [-0.4, -0.2) is 82.8 Å². The minimum Gasteiger partial charge on any atom is -0.480 e. The van der Waals surface area contributed by atoms with Gasteiger partial charge in [-0.3, -0.25) is 24.2 Å². The summed E-state index contributed by atoms with van der Waals surface area (Å²) in [6.07, 6.45) is 1.60. The molecule has 1 heterocycles. The van der Waals surface area contributed by atoms with E-state index < -0.39 is 53.8 Å². The van der Waals surface area contributed by atoms with Crippen molar-refractivity contribution < 1.29 is 29.1 Å². The molecule has 0 aliphatic carbocycles. The van der Waals surface area contributed by atoms with Crippen molar-refractivity contribution in [3.8, 4) is 0 Å². The molecule has 1 aliphatic rings. The predicted molar refractivity (Wildman–Crippen MR) is 132 cm³/mol. The van der Waals surface area contributed by atoms with Crippen molar-refractivity contribution >= 4 is 35.6 Å². The van der Waals surface area contributed by atoms with Crippen LogP contribution in [0.15, 0.2) is 4.99 Å². The minimum atomic E-state index is -1.21. The Bertz CT molecular complexity index is 829. The summed E-state index contributed by atoms with van der Waals surface area (Å²) in [6, 6.07) is -4.07. The second-order valence-electron chi connectivity index (χ2n) is 9.34. The van der Waals surface area contributed by atoms with Crippen LogP contribution in [0.2, 0.25) is 0 Å². The summed E-state index contributed by atoms with van der Waals surface area (Å²) in [4.78, 5) is 66.9. The molecule has 14 nitrogen and oxygen atoms in total. The Kier molecular flexibility index (Phi) is 12.6. The number of amides is 4. The fourth-order valence-corrected chi connectivity index (χ4v) is 3.95. The standard InChI is InChI=1S/C22H40N8O6/c1-12(2)11-15(21(35)36)29-18(32)14(7-8-17(24)31)28-19(33)16-6-4-10-30(16)20(34)13(23)5-3-9-27-22(25)26/h12-16H,3-11,23H2,1-2H3,(H2,24,31)(H,28,33)(H,29,32)(H,35,36)(H4,25,26,27). The molecule has 4 atom stereocenters. The summed E-state index contributed by atoms with van der Waals surface area (Å²) in [5.74, 6) is -3.69. The number of hydrogen-bond donors (Lipinski definition) is 7. The Hall–Kier alpha value is -3.42. The van der Waals surface area contributed by atoms with Gasteiger partial charge in [-0.2, -0.15) is 0 Å². The number of guanidine groups is 1. The number of carbonyl (C=O) groups excluding carboxylic acids is 4. The van der Waals surface area contributed by atoms with Gasteiger partial charge < -0.3 is 43.6 Å². The van der Waals surface area contributed by atoms with Crippen molar-refractivity contribution in [1.29, 1.82) is 0 Å². The average molecular weight is 513 g/mol. The predicted octanol–water partition coefficient (Wildman–Crippen LogP) is -2.28. The van der Waals surface area contributed by atoms with E-state index in [1.54, 1.807) is 0 Å². The molecule has 1 saturated heterocycles. The Balaban J connectivity index is 2.88. The molecule has 4 unspecified atom stereocenters. The summed E-state index contributed by atoms with van der Waals surface area (Å²) in [7, 11) is 0. The smallest absolute Gasteiger partial charge is 0.326 e. The second-order valence-corrected chi connectivity index (χ2v) is 9.34. The second kappa shape index (κ2) is 14.9. The molecular formula is C22H40N8O6. The molecule has 0 saturated carbocycles. The van der Waals surface area contributed by atoms with Crippen molar-refractivity contribution in [2.24, 2.45) is 33.8 Å². The summed E-state index contributed by atoms with van der Waals surface area (Å²) < 4.78 is 0. The van der Waals surface area contributed by atoms with Gasteiger partial charge >= 0.3 is 5.97 Å². The number of nitrogens with one attached hydrogen (secondary N) is 2. The first-order valence-electron chi connectivity index (χ1n) is 12.1. The number of aliphatic carboxylic acids is 1. The first-order chi connectivity index (χ1) is 16.8. The molecule has 36 heavy (non-hydrogen) atoms. The van der Waals surface area contributed by atoms with Crippen LogP contribution in [0, 0.1) is 5.92 Å². The minimum absolute atomic E-state index is 0.00760. The number of carboxylic acids is 1. The number of aliphatic imine (C=N–C) groups is 1. The molecule has 14 heteroatoms. The monoisotopic (exact) mass is 512 g/mol. The highest BCUT2D eigenvalue weighted by Gasteiger charge is 2.38. The van der Waals surface area contributed by atoms with Crippen LogP contribution in [0.3, 0.4) is 0 Å². The molecule has 204 valence electrons. The molecule has 0 radical (unpaired) electrons. The molecule has 1 fully saturated rings. The molecule has 0 aromatic heterocycles. The maximum Gasteiger partial charge on any atom is 0.326 e. The van der Waals surface area contributed by atoms with Gasteiger partial charge in [-0.05, 0) is 44.4 Å². The summed E-state index contributed by atoms with van der Waals surface area (Å²) in [5.41, 5.74) is 21.8. The van der Waals surface area contributed by atoms with Gasteiger partial charge in [0.25, 0.3) is 0 Å². The first-order valence-corrected chi connectivity index (χ1v) is 12.1. The number of carbonyl (C=O) groups is 5. The summed E-state index contributed by atoms with van der Waals surface area (Å²) in [5, 5.41) is 14.4. The average Bonchev–Trinajstić information content (AvgIpc) is 3.27. The third-order valence-electron chi connectivity index (χ3n) is 5.76. The molecule has 0 bridgehead atoms. The van der Waals surface area contributed by atoms with Gasteiger partial charge in [0.05, 0.1) is 6.04 Å². The van der Waals surface area contributed by atoms with Gasteiger partial charge in [-0.1, -0.05) is 13.8 Å². The lowest BCUT2D eigenvalue weighted by Gasteiger charge is -2.28. The van der Waals surface area contributed by atoms with E-state index in [4.69, 9.17) is 22.9 Å². The molecule has 11 N–H and O–H groups in total. The van der Waals surface area contributed by atoms with Gasteiger partial charge in [0.1, 0.15) is 18.1 Å². The zero-order chi connectivity index (χ0) is 27.4. The molecule has 4 amide bonds. The van der Waals surface area contributed by atoms with E-state index in [0.29, 0.717) is 38.8 Å². The Morgan fingerprint density at radius 3 is 2.28 bits per heavy atom. The first kappa shape index (κ1) is 30.6. The van der Waals surface area contributed by atoms with Crippen LogP contribution in [0.25, 0.3) is 0 Å². The number of likely N-dealkylation sites (tertiary alicyclic amines) is 1. The third kappa shape index (κ3) is 10.5. The zero-order valence-corrected chi connectivity index (χ0v) is 20.9. The van der Waals surface area contributed by atoms with Crippen molar-refractivity contribution in [3.05, 3.63) is 0 Å². The Morgan fingerprint density at radius 2 is 1.72 bits per heavy atom. The fourth-order valence-electron chi connectivity index (χ4n) is 3.95. The third-order valence-corrected chi connectivity index (χ3v) is 5.76. The van der Waals surface area contributed by atoms with Gasteiger partial charge in [-0.25, -0.2) is 4.79 Å². The van der Waals surface area contributed by atoms with Gasteiger partial charge in [0, 0.05) is 19.5 Å². The van der Waals surface area contributed by atoms with Crippen LogP contribution in [0.1, 0.15) is 58.8 Å². The number of primary amides is 1. The number of nitrogens with zero attached hydrogens (tertiary/aromatic N) is 2. The van der Waals surface area contributed by atoms with Gasteiger partial charge in [0.2, 0.25) is 23.6 Å². The lowest BCUT2D eigenvalue weighted by atomic mass is 10.0. The van der Waals surface area contributed by atoms with Crippen LogP contribution in [0.4, 0.5) is 0 Å². The molecule has 0 aromatic carbocycles. The number of carboxylic acid groups (broad SMARTS) is 1. The van der Waals surface area contributed by atoms with Crippen LogP contribution >= 0.6 is 0 Å². The van der Waals surface area contributed by atoms with Crippen molar-refractivity contribution in [2.45, 2.75) is 83.0 Å². The van der Waals surface area contributed by atoms with Crippen molar-refractivity contribution in [2.75, 3.05) is 13.1 Å². The van der Waals surface area contributed by atoms with Crippen molar-refractivity contribution in [1.82, 2.24) is 15.5 Å². The number of rotatable bonds is 15. The Morgan fingerprint density at radius 1 is 1.06 bits per heavy atom. The maximum atomic E-state index is 13.1. The fraction of sp³-hybridized carbons (Fsp3) is 0.727. The Labute approximate surface area is 210 Å². The van der Waals surface area contributed by atoms with Crippen LogP contribution < -0.4 is 33.6 Å². The van der Waals surface area contributed by atoms with E-state index in [0.717, 1.165) is 0 Å².